The molecule has 2 heterocycles. The van der Waals surface area contributed by atoms with Crippen LogP contribution < -0.4 is 14.7 Å². The van der Waals surface area contributed by atoms with Crippen molar-refractivity contribution in [1.29, 1.82) is 0 Å². The molecule has 0 aromatic heterocycles. The highest BCUT2D eigenvalue weighted by Crippen LogP contribution is 2.68. The first kappa shape index (κ1) is 44.8. The Morgan fingerprint density at radius 2 is 0.822 bits per heavy atom. The van der Waals surface area contributed by atoms with E-state index in [0.29, 0.717) is 0 Å². The molecule has 0 saturated heterocycles. The van der Waals surface area contributed by atoms with Crippen molar-refractivity contribution < 1.29 is 0 Å². The molecule has 73 heavy (non-hydrogen) atoms. The highest BCUT2D eigenvalue weighted by molar-refractivity contribution is 6.12. The molecule has 356 valence electrons. The fourth-order valence-corrected chi connectivity index (χ4v) is 12.7. The van der Waals surface area contributed by atoms with E-state index in [1.165, 1.54) is 83.5 Å². The van der Waals surface area contributed by atoms with Gasteiger partial charge in [-0.1, -0.05) is 201 Å². The van der Waals surface area contributed by atoms with Gasteiger partial charge in [-0.15, -0.1) is 0 Å². The second-order valence-corrected chi connectivity index (χ2v) is 23.0. The van der Waals surface area contributed by atoms with E-state index in [-0.39, 0.29) is 16.2 Å². The van der Waals surface area contributed by atoms with Crippen LogP contribution in [-0.2, 0) is 21.7 Å². The molecule has 1 unspecified atom stereocenters. The molecule has 1 spiro atoms. The largest absolute Gasteiger partial charge is 0.310 e. The number of rotatable bonds is 6. The molecule has 3 nitrogen and oxygen atoms in total. The van der Waals surface area contributed by atoms with Crippen LogP contribution >= 0.6 is 0 Å². The van der Waals surface area contributed by atoms with Gasteiger partial charge in [0.25, 0.3) is 0 Å². The van der Waals surface area contributed by atoms with Gasteiger partial charge in [0.05, 0.1) is 28.2 Å². The molecule has 10 aromatic carbocycles. The zero-order valence-electron chi connectivity index (χ0n) is 43.2. The molecule has 0 radical (unpaired) electrons. The zero-order valence-corrected chi connectivity index (χ0v) is 43.2. The lowest BCUT2D eigenvalue weighted by atomic mass is 9.61. The number of hydrogen-bond acceptors (Lipinski definition) is 3. The fourth-order valence-electron chi connectivity index (χ4n) is 12.7. The summed E-state index contributed by atoms with van der Waals surface area (Å²) in [5.41, 5.74) is 22.5. The quantitative estimate of drug-likeness (QED) is 0.164. The summed E-state index contributed by atoms with van der Waals surface area (Å²) < 4.78 is 0. The molecule has 13 rings (SSSR count). The molecule has 0 N–H and O–H groups in total. The van der Waals surface area contributed by atoms with Crippen LogP contribution in [0.3, 0.4) is 0 Å². The standard InChI is InChI=1S/C70H61N3/c1-67(2,3)46-34-38-50(39-35-46)71(48-22-11-9-12-23-48)52-42-43-55-60(44-52)70(57-29-18-20-33-63(57)73-62-32-19-17-28-56(62)69(7,8)58-30-21-31-59(70)66(58)73)61-45-64(53-26-15-16-27-54(53)65(55)61)72(49-24-13-10-14-25-49)51-40-36-47(37-41-51)68(4,5)6/h9-45H,1-8H3. The van der Waals surface area contributed by atoms with Gasteiger partial charge in [-0.25, -0.2) is 0 Å². The molecule has 0 bridgehead atoms. The predicted molar refractivity (Wildman–Crippen MR) is 308 cm³/mol. The van der Waals surface area contributed by atoms with Crippen molar-refractivity contribution in [2.45, 2.75) is 77.0 Å². The van der Waals surface area contributed by atoms with Crippen LogP contribution in [0.5, 0.6) is 0 Å². The molecule has 1 atom stereocenters. The second-order valence-electron chi connectivity index (χ2n) is 23.0. The maximum absolute atomic E-state index is 2.59. The van der Waals surface area contributed by atoms with Crippen LogP contribution in [0, 0.1) is 0 Å². The fraction of sp³-hybridized carbons (Fsp3) is 0.171. The Labute approximate surface area is 431 Å². The summed E-state index contributed by atoms with van der Waals surface area (Å²) >= 11 is 0. The normalized spacial score (nSPS) is 15.8. The Balaban J connectivity index is 1.16. The van der Waals surface area contributed by atoms with E-state index in [0.717, 1.165) is 34.1 Å². The van der Waals surface area contributed by atoms with Crippen LogP contribution in [0.4, 0.5) is 51.2 Å². The van der Waals surface area contributed by atoms with E-state index in [1.54, 1.807) is 0 Å². The van der Waals surface area contributed by atoms with Gasteiger partial charge < -0.3 is 14.7 Å². The third-order valence-electron chi connectivity index (χ3n) is 16.3. The average Bonchev–Trinajstić information content (AvgIpc) is 3.69. The van der Waals surface area contributed by atoms with Gasteiger partial charge in [-0.3, -0.25) is 0 Å². The Hall–Kier alpha value is -8.14. The lowest BCUT2D eigenvalue weighted by molar-refractivity contribution is 0.590. The summed E-state index contributed by atoms with van der Waals surface area (Å²) in [6.45, 7) is 18.6. The van der Waals surface area contributed by atoms with Crippen LogP contribution in [-0.4, -0.2) is 0 Å². The molecular weight excluding hydrogens is 883 g/mol. The van der Waals surface area contributed by atoms with Gasteiger partial charge >= 0.3 is 0 Å². The minimum atomic E-state index is -0.739. The molecule has 0 fully saturated rings. The van der Waals surface area contributed by atoms with Crippen LogP contribution in [0.25, 0.3) is 21.9 Å². The third-order valence-corrected chi connectivity index (χ3v) is 16.3. The summed E-state index contributed by atoms with van der Waals surface area (Å²) in [5, 5.41) is 2.44. The van der Waals surface area contributed by atoms with Crippen molar-refractivity contribution in [3.63, 3.8) is 0 Å². The van der Waals surface area contributed by atoms with Crippen LogP contribution in [0.15, 0.2) is 224 Å². The number of anilines is 9. The summed E-state index contributed by atoms with van der Waals surface area (Å²) in [6.07, 6.45) is 0. The number of hydrogen-bond donors (Lipinski definition) is 0. The Morgan fingerprint density at radius 1 is 0.356 bits per heavy atom. The third kappa shape index (κ3) is 6.64. The highest BCUT2D eigenvalue weighted by atomic mass is 15.2. The number of fused-ring (bicyclic) bond motifs is 13. The molecule has 2 aliphatic heterocycles. The van der Waals surface area contributed by atoms with E-state index < -0.39 is 5.41 Å². The monoisotopic (exact) mass is 943 g/mol. The topological polar surface area (TPSA) is 9.72 Å². The first-order valence-electron chi connectivity index (χ1n) is 26.0. The lowest BCUT2D eigenvalue weighted by Crippen LogP contribution is -2.41. The van der Waals surface area contributed by atoms with Crippen LogP contribution in [0.2, 0.25) is 0 Å². The molecule has 0 amide bonds. The Morgan fingerprint density at radius 3 is 1.44 bits per heavy atom. The first-order valence-corrected chi connectivity index (χ1v) is 26.0. The van der Waals surface area contributed by atoms with E-state index >= 15 is 0 Å². The van der Waals surface area contributed by atoms with Crippen molar-refractivity contribution in [1.82, 2.24) is 0 Å². The molecule has 10 aromatic rings. The van der Waals surface area contributed by atoms with Gasteiger partial charge in [0.1, 0.15) is 0 Å². The smallest absolute Gasteiger partial charge is 0.0756 e. The Kier molecular flexibility index (Phi) is 9.93. The van der Waals surface area contributed by atoms with Gasteiger partial charge in [0.15, 0.2) is 0 Å². The summed E-state index contributed by atoms with van der Waals surface area (Å²) in [5.74, 6) is 0. The minimum absolute atomic E-state index is 0.0194. The van der Waals surface area contributed by atoms with Crippen molar-refractivity contribution >= 4 is 62.0 Å². The number of benzene rings is 10. The zero-order chi connectivity index (χ0) is 50.0. The molecule has 0 saturated carbocycles. The summed E-state index contributed by atoms with van der Waals surface area (Å²) in [6, 6.07) is 85.0. The van der Waals surface area contributed by atoms with Crippen molar-refractivity contribution in [3.05, 3.63) is 269 Å². The molecule has 3 aliphatic rings. The van der Waals surface area contributed by atoms with E-state index in [9.17, 15) is 0 Å². The van der Waals surface area contributed by atoms with Crippen molar-refractivity contribution in [2.75, 3.05) is 14.7 Å². The van der Waals surface area contributed by atoms with Gasteiger partial charge in [-0.05, 0) is 151 Å². The molecular formula is C70H61N3. The second kappa shape index (κ2) is 16.2. The summed E-state index contributed by atoms with van der Waals surface area (Å²) in [4.78, 5) is 7.54. The van der Waals surface area contributed by atoms with Gasteiger partial charge in [0, 0.05) is 39.2 Å². The average molecular weight is 944 g/mol. The molecule has 1 aliphatic carbocycles. The number of para-hydroxylation sites is 5. The Bertz CT molecular complexity index is 3780. The lowest BCUT2D eigenvalue weighted by Gasteiger charge is -2.51. The van der Waals surface area contributed by atoms with E-state index in [1.807, 2.05) is 0 Å². The maximum Gasteiger partial charge on any atom is 0.0756 e. The molecule has 3 heteroatoms. The SMILES string of the molecule is CC(C)(C)c1ccc(N(c2ccccc2)c2ccc3c(c2)C2(c4ccccc4N4c5ccccc5C(C)(C)c5cccc2c54)c2cc(N(c4ccccc4)c4ccc(C(C)(C)C)cc4)c4ccccc4c2-3)cc1. The van der Waals surface area contributed by atoms with E-state index in [4.69, 9.17) is 0 Å². The first-order chi connectivity index (χ1) is 35.3. The van der Waals surface area contributed by atoms with Gasteiger partial charge in [0.2, 0.25) is 0 Å². The summed E-state index contributed by atoms with van der Waals surface area (Å²) in [7, 11) is 0. The number of nitrogens with zero attached hydrogens (tertiary/aromatic N) is 3. The van der Waals surface area contributed by atoms with E-state index in [2.05, 4.69) is 295 Å². The van der Waals surface area contributed by atoms with Crippen molar-refractivity contribution in [2.24, 2.45) is 0 Å². The minimum Gasteiger partial charge on any atom is -0.310 e. The maximum atomic E-state index is 2.59. The highest BCUT2D eigenvalue weighted by Gasteiger charge is 2.55. The van der Waals surface area contributed by atoms with Crippen molar-refractivity contribution in [3.8, 4) is 11.1 Å². The predicted octanol–water partition coefficient (Wildman–Crippen LogP) is 19.2. The van der Waals surface area contributed by atoms with Gasteiger partial charge in [-0.2, -0.15) is 0 Å². The van der Waals surface area contributed by atoms with Crippen LogP contribution in [0.1, 0.15) is 99.9 Å².